The topological polar surface area (TPSA) is 80.5 Å². The molecule has 0 unspecified atom stereocenters. The van der Waals surface area contributed by atoms with E-state index in [9.17, 15) is 14.3 Å². The molecule has 43 heavy (non-hydrogen) atoms. The number of benzene rings is 3. The number of halogens is 3. The van der Waals surface area contributed by atoms with Gasteiger partial charge in [-0.1, -0.05) is 18.2 Å². The van der Waals surface area contributed by atoms with Gasteiger partial charge in [0.1, 0.15) is 29.9 Å². The fourth-order valence-corrected chi connectivity index (χ4v) is 5.19. The third kappa shape index (κ3) is 6.10. The van der Waals surface area contributed by atoms with E-state index in [1.807, 2.05) is 4.57 Å². The molecule has 3 heterocycles. The summed E-state index contributed by atoms with van der Waals surface area (Å²) in [6, 6.07) is 16.5. The first-order chi connectivity index (χ1) is 20.7. The molecule has 1 aliphatic rings. The van der Waals surface area contributed by atoms with Crippen molar-refractivity contribution in [3.05, 3.63) is 112 Å². The maximum absolute atomic E-state index is 15.5. The molecule has 0 spiro atoms. The summed E-state index contributed by atoms with van der Waals surface area (Å²) in [5.41, 5.74) is 2.76. The molecule has 0 aliphatic carbocycles. The Balaban J connectivity index is 1.26. The number of likely N-dealkylation sites (tertiary alicyclic amines) is 1. The normalized spacial score (nSPS) is 13.3. The molecule has 2 aromatic heterocycles. The molecule has 7 nitrogen and oxygen atoms in total. The van der Waals surface area contributed by atoms with Gasteiger partial charge in [-0.3, -0.25) is 0 Å². The van der Waals surface area contributed by atoms with E-state index in [0.29, 0.717) is 29.0 Å². The Labute approximate surface area is 246 Å². The zero-order chi connectivity index (χ0) is 30.1. The first kappa shape index (κ1) is 28.4. The molecule has 0 amide bonds. The van der Waals surface area contributed by atoms with Crippen LogP contribution in [0.15, 0.2) is 66.7 Å². The van der Waals surface area contributed by atoms with Gasteiger partial charge in [0.05, 0.1) is 22.3 Å². The van der Waals surface area contributed by atoms with Crippen LogP contribution in [-0.4, -0.2) is 50.1 Å². The number of aryl methyl sites for hydroxylation is 1. The van der Waals surface area contributed by atoms with Gasteiger partial charge in [-0.2, -0.15) is 0 Å². The van der Waals surface area contributed by atoms with E-state index in [4.69, 9.17) is 4.74 Å². The highest BCUT2D eigenvalue weighted by molar-refractivity contribution is 5.92. The van der Waals surface area contributed by atoms with Crippen LogP contribution in [0.5, 0.6) is 5.88 Å². The van der Waals surface area contributed by atoms with Gasteiger partial charge in [-0.05, 0) is 80.0 Å². The molecule has 3 aromatic carbocycles. The van der Waals surface area contributed by atoms with E-state index in [0.717, 1.165) is 43.8 Å². The maximum Gasteiger partial charge on any atom is 0.335 e. The number of rotatable bonds is 10. The lowest BCUT2D eigenvalue weighted by Gasteiger charge is -2.31. The van der Waals surface area contributed by atoms with Gasteiger partial charge in [0.25, 0.3) is 0 Å². The number of pyridine rings is 1. The SMILES string of the molecule is Cc1ccc(COc2cccc(-c3cc(F)c(Cc4nc5ccc(C(=O)O)cc5n4CCN4CCC4)cc3F)n2)c(F)c1. The monoisotopic (exact) mass is 586 g/mol. The second kappa shape index (κ2) is 11.9. The van der Waals surface area contributed by atoms with Crippen molar-refractivity contribution in [1.29, 1.82) is 0 Å². The molecule has 0 saturated carbocycles. The fraction of sp³-hybridized carbons (Fsp3) is 0.242. The van der Waals surface area contributed by atoms with Crippen molar-refractivity contribution in [3.63, 3.8) is 0 Å². The van der Waals surface area contributed by atoms with Gasteiger partial charge >= 0.3 is 5.97 Å². The predicted molar refractivity (Wildman–Crippen MR) is 156 cm³/mol. The Morgan fingerprint density at radius 1 is 0.907 bits per heavy atom. The number of fused-ring (bicyclic) bond motifs is 1. The van der Waals surface area contributed by atoms with Crippen LogP contribution in [-0.2, 0) is 19.6 Å². The Hall–Kier alpha value is -4.70. The fourth-order valence-electron chi connectivity index (χ4n) is 5.19. The van der Waals surface area contributed by atoms with Crippen molar-refractivity contribution in [2.24, 2.45) is 0 Å². The second-order valence-electron chi connectivity index (χ2n) is 10.7. The van der Waals surface area contributed by atoms with E-state index >= 15 is 8.78 Å². The number of nitrogens with zero attached hydrogens (tertiary/aromatic N) is 4. The smallest absolute Gasteiger partial charge is 0.335 e. The van der Waals surface area contributed by atoms with Gasteiger partial charge in [0.15, 0.2) is 0 Å². The summed E-state index contributed by atoms with van der Waals surface area (Å²) in [6.07, 6.45) is 1.14. The van der Waals surface area contributed by atoms with Crippen LogP contribution in [0.25, 0.3) is 22.3 Å². The van der Waals surface area contributed by atoms with E-state index in [1.165, 1.54) is 12.1 Å². The molecule has 1 aliphatic heterocycles. The molecular formula is C33H29F3N4O3. The van der Waals surface area contributed by atoms with Crippen LogP contribution in [0.1, 0.15) is 39.3 Å². The summed E-state index contributed by atoms with van der Waals surface area (Å²) in [5, 5.41) is 9.49. The van der Waals surface area contributed by atoms with Crippen LogP contribution in [0, 0.1) is 24.4 Å². The molecular weight excluding hydrogens is 557 g/mol. The maximum atomic E-state index is 15.5. The average Bonchev–Trinajstić information content (AvgIpc) is 3.29. The number of aromatic carboxylic acids is 1. The van der Waals surface area contributed by atoms with Crippen LogP contribution in [0.3, 0.4) is 0 Å². The highest BCUT2D eigenvalue weighted by Crippen LogP contribution is 2.28. The highest BCUT2D eigenvalue weighted by atomic mass is 19.1. The van der Waals surface area contributed by atoms with Crippen LogP contribution < -0.4 is 4.74 Å². The van der Waals surface area contributed by atoms with Crippen molar-refractivity contribution in [1.82, 2.24) is 19.4 Å². The van der Waals surface area contributed by atoms with E-state index in [-0.39, 0.29) is 41.3 Å². The predicted octanol–water partition coefficient (Wildman–Crippen LogP) is 6.40. The molecule has 220 valence electrons. The minimum Gasteiger partial charge on any atom is -0.478 e. The van der Waals surface area contributed by atoms with Gasteiger partial charge < -0.3 is 19.3 Å². The Kier molecular flexibility index (Phi) is 7.86. The minimum atomic E-state index is -1.05. The lowest BCUT2D eigenvalue weighted by Crippen LogP contribution is -2.39. The van der Waals surface area contributed by atoms with Crippen LogP contribution in [0.4, 0.5) is 13.2 Å². The van der Waals surface area contributed by atoms with Gasteiger partial charge in [0, 0.05) is 36.7 Å². The average molecular weight is 587 g/mol. The first-order valence-corrected chi connectivity index (χ1v) is 14.0. The molecule has 0 radical (unpaired) electrons. The quantitative estimate of drug-likeness (QED) is 0.204. The molecule has 0 bridgehead atoms. The summed E-state index contributed by atoms with van der Waals surface area (Å²) in [5.74, 6) is -2.07. The molecule has 1 N–H and O–H groups in total. The summed E-state index contributed by atoms with van der Waals surface area (Å²) in [6.45, 7) is 5.00. The van der Waals surface area contributed by atoms with E-state index in [2.05, 4.69) is 14.9 Å². The van der Waals surface area contributed by atoms with Gasteiger partial charge in [-0.25, -0.2) is 27.9 Å². The Bertz CT molecular complexity index is 1830. The third-order valence-corrected chi connectivity index (χ3v) is 7.73. The summed E-state index contributed by atoms with van der Waals surface area (Å²) >= 11 is 0. The van der Waals surface area contributed by atoms with Crippen molar-refractivity contribution < 1.29 is 27.8 Å². The first-order valence-electron chi connectivity index (χ1n) is 14.0. The number of carboxylic acid groups (broad SMARTS) is 1. The third-order valence-electron chi connectivity index (χ3n) is 7.73. The number of hydrogen-bond acceptors (Lipinski definition) is 5. The minimum absolute atomic E-state index is 0.0127. The van der Waals surface area contributed by atoms with Crippen LogP contribution in [0.2, 0.25) is 0 Å². The Morgan fingerprint density at radius 3 is 2.47 bits per heavy atom. The number of aromatic nitrogens is 3. The number of ether oxygens (including phenoxy) is 1. The zero-order valence-electron chi connectivity index (χ0n) is 23.5. The van der Waals surface area contributed by atoms with Crippen molar-refractivity contribution in [2.45, 2.75) is 32.9 Å². The molecule has 1 saturated heterocycles. The van der Waals surface area contributed by atoms with Crippen molar-refractivity contribution in [3.8, 4) is 17.1 Å². The second-order valence-corrected chi connectivity index (χ2v) is 10.7. The number of carbonyl (C=O) groups is 1. The summed E-state index contributed by atoms with van der Waals surface area (Å²) in [4.78, 5) is 22.8. The largest absolute Gasteiger partial charge is 0.478 e. The number of carboxylic acids is 1. The lowest BCUT2D eigenvalue weighted by molar-refractivity contribution is 0.0697. The molecule has 1 fully saturated rings. The summed E-state index contributed by atoms with van der Waals surface area (Å²) in [7, 11) is 0. The Morgan fingerprint density at radius 2 is 1.72 bits per heavy atom. The summed E-state index contributed by atoms with van der Waals surface area (Å²) < 4.78 is 52.7. The molecule has 10 heteroatoms. The number of imidazole rings is 1. The highest BCUT2D eigenvalue weighted by Gasteiger charge is 2.20. The van der Waals surface area contributed by atoms with E-state index in [1.54, 1.807) is 49.4 Å². The zero-order valence-corrected chi connectivity index (χ0v) is 23.5. The van der Waals surface area contributed by atoms with Crippen molar-refractivity contribution in [2.75, 3.05) is 19.6 Å². The molecule has 6 rings (SSSR count). The lowest BCUT2D eigenvalue weighted by atomic mass is 10.0. The molecule has 5 aromatic rings. The van der Waals surface area contributed by atoms with E-state index < -0.39 is 23.4 Å². The standard InChI is InChI=1S/C33H29F3N4O3/c1-20-6-7-22(25(34)14-20)19-43-32-5-2-4-28(38-32)24-18-26(35)23(15-27(24)36)17-31-37-29-9-8-21(33(41)42)16-30(29)40(31)13-12-39-10-3-11-39/h2,4-9,14-16,18H,3,10-13,17,19H2,1H3,(H,41,42). The van der Waals surface area contributed by atoms with Crippen molar-refractivity contribution >= 4 is 17.0 Å². The van der Waals surface area contributed by atoms with Gasteiger partial charge in [0.2, 0.25) is 5.88 Å². The van der Waals surface area contributed by atoms with Gasteiger partial charge in [-0.15, -0.1) is 0 Å². The molecule has 0 atom stereocenters. The van der Waals surface area contributed by atoms with Crippen LogP contribution >= 0.6 is 0 Å². The number of hydrogen-bond donors (Lipinski definition) is 1.